The molecule has 1 aromatic heterocycles. The standard InChI is InChI=1S/C13H22N4O/c1-17(9-12-14-10-15-16-12)13(18)8-7-11-5-3-2-4-6-11/h10-11H,2-9H2,1H3,(H,14,15,16). The second kappa shape index (κ2) is 6.52. The van der Waals surface area contributed by atoms with Crippen molar-refractivity contribution in [2.75, 3.05) is 7.05 Å². The molecular formula is C13H22N4O. The van der Waals surface area contributed by atoms with Crippen molar-refractivity contribution < 1.29 is 4.79 Å². The number of hydrogen-bond acceptors (Lipinski definition) is 3. The maximum absolute atomic E-state index is 12.0. The van der Waals surface area contributed by atoms with Gasteiger partial charge in [0.15, 0.2) is 0 Å². The summed E-state index contributed by atoms with van der Waals surface area (Å²) >= 11 is 0. The third-order valence-electron chi connectivity index (χ3n) is 3.77. The van der Waals surface area contributed by atoms with Crippen molar-refractivity contribution in [2.45, 2.75) is 51.5 Å². The predicted molar refractivity (Wildman–Crippen MR) is 68.7 cm³/mol. The van der Waals surface area contributed by atoms with Crippen LogP contribution in [-0.4, -0.2) is 33.0 Å². The molecule has 1 aromatic rings. The lowest BCUT2D eigenvalue weighted by molar-refractivity contribution is -0.130. The molecule has 1 saturated carbocycles. The zero-order valence-electron chi connectivity index (χ0n) is 11.1. The van der Waals surface area contributed by atoms with E-state index in [0.29, 0.717) is 13.0 Å². The smallest absolute Gasteiger partial charge is 0.222 e. The van der Waals surface area contributed by atoms with Crippen molar-refractivity contribution in [1.29, 1.82) is 0 Å². The van der Waals surface area contributed by atoms with E-state index in [1.54, 1.807) is 4.90 Å². The van der Waals surface area contributed by atoms with Crippen LogP contribution in [0.5, 0.6) is 0 Å². The topological polar surface area (TPSA) is 61.9 Å². The first-order valence-electron chi connectivity index (χ1n) is 6.84. The van der Waals surface area contributed by atoms with E-state index in [1.807, 2.05) is 7.05 Å². The molecule has 5 nitrogen and oxygen atoms in total. The van der Waals surface area contributed by atoms with E-state index in [1.165, 1.54) is 38.4 Å². The van der Waals surface area contributed by atoms with Gasteiger partial charge in [-0.25, -0.2) is 4.98 Å². The molecule has 1 fully saturated rings. The Kier molecular flexibility index (Phi) is 4.73. The third kappa shape index (κ3) is 3.82. The first-order valence-corrected chi connectivity index (χ1v) is 6.84. The van der Waals surface area contributed by atoms with Crippen molar-refractivity contribution in [3.05, 3.63) is 12.2 Å². The van der Waals surface area contributed by atoms with Gasteiger partial charge in [-0.1, -0.05) is 32.1 Å². The quantitative estimate of drug-likeness (QED) is 0.870. The molecule has 1 aliphatic carbocycles. The number of H-pyrrole nitrogens is 1. The van der Waals surface area contributed by atoms with Crippen LogP contribution in [0.15, 0.2) is 6.33 Å². The largest absolute Gasteiger partial charge is 0.338 e. The molecule has 5 heteroatoms. The van der Waals surface area contributed by atoms with Gasteiger partial charge in [0.2, 0.25) is 5.91 Å². The highest BCUT2D eigenvalue weighted by atomic mass is 16.2. The summed E-state index contributed by atoms with van der Waals surface area (Å²) in [4.78, 5) is 17.7. The van der Waals surface area contributed by atoms with E-state index in [-0.39, 0.29) is 5.91 Å². The first-order chi connectivity index (χ1) is 8.75. The number of rotatable bonds is 5. The summed E-state index contributed by atoms with van der Waals surface area (Å²) in [5.74, 6) is 1.71. The van der Waals surface area contributed by atoms with Crippen LogP contribution in [0.2, 0.25) is 0 Å². The number of carbonyl (C=O) groups is 1. The Labute approximate surface area is 108 Å². The van der Waals surface area contributed by atoms with Crippen LogP contribution >= 0.6 is 0 Å². The van der Waals surface area contributed by atoms with Gasteiger partial charge in [0.25, 0.3) is 0 Å². The third-order valence-corrected chi connectivity index (χ3v) is 3.77. The van der Waals surface area contributed by atoms with Gasteiger partial charge in [-0.15, -0.1) is 0 Å². The zero-order chi connectivity index (χ0) is 12.8. The predicted octanol–water partition coefficient (Wildman–Crippen LogP) is 2.12. The second-order valence-corrected chi connectivity index (χ2v) is 5.22. The van der Waals surface area contributed by atoms with Gasteiger partial charge < -0.3 is 4.90 Å². The molecule has 1 N–H and O–H groups in total. The van der Waals surface area contributed by atoms with Crippen LogP contribution in [0.3, 0.4) is 0 Å². The Hall–Kier alpha value is -1.39. The van der Waals surface area contributed by atoms with E-state index >= 15 is 0 Å². The number of nitrogens with one attached hydrogen (secondary N) is 1. The molecule has 18 heavy (non-hydrogen) atoms. The summed E-state index contributed by atoms with van der Waals surface area (Å²) in [6.07, 6.45) is 9.83. The molecule has 1 aliphatic rings. The maximum atomic E-state index is 12.0. The van der Waals surface area contributed by atoms with Gasteiger partial charge in [0.1, 0.15) is 12.2 Å². The Morgan fingerprint density at radius 2 is 2.22 bits per heavy atom. The fourth-order valence-electron chi connectivity index (χ4n) is 2.61. The molecular weight excluding hydrogens is 228 g/mol. The van der Waals surface area contributed by atoms with Gasteiger partial charge in [0.05, 0.1) is 6.54 Å². The molecule has 0 unspecified atom stereocenters. The highest BCUT2D eigenvalue weighted by Gasteiger charge is 2.16. The van der Waals surface area contributed by atoms with E-state index in [4.69, 9.17) is 0 Å². The molecule has 0 radical (unpaired) electrons. The average molecular weight is 250 g/mol. The van der Waals surface area contributed by atoms with Crippen molar-refractivity contribution in [3.8, 4) is 0 Å². The van der Waals surface area contributed by atoms with Gasteiger partial charge in [-0.05, 0) is 12.3 Å². The van der Waals surface area contributed by atoms with Gasteiger partial charge in [0, 0.05) is 13.5 Å². The Bertz CT molecular complexity index is 357. The number of nitrogens with zero attached hydrogens (tertiary/aromatic N) is 3. The minimum Gasteiger partial charge on any atom is -0.338 e. The number of aromatic amines is 1. The molecule has 2 rings (SSSR count). The summed E-state index contributed by atoms with van der Waals surface area (Å²) in [6.45, 7) is 0.517. The summed E-state index contributed by atoms with van der Waals surface area (Å²) in [5.41, 5.74) is 0. The molecule has 0 aromatic carbocycles. The summed E-state index contributed by atoms with van der Waals surface area (Å²) in [7, 11) is 1.83. The van der Waals surface area contributed by atoms with E-state index in [9.17, 15) is 4.79 Å². The minimum atomic E-state index is 0.206. The van der Waals surface area contributed by atoms with Crippen molar-refractivity contribution in [2.24, 2.45) is 5.92 Å². The van der Waals surface area contributed by atoms with E-state index in [0.717, 1.165) is 18.2 Å². The lowest BCUT2D eigenvalue weighted by atomic mass is 9.86. The second-order valence-electron chi connectivity index (χ2n) is 5.22. The molecule has 0 atom stereocenters. The molecule has 0 bridgehead atoms. The maximum Gasteiger partial charge on any atom is 0.222 e. The minimum absolute atomic E-state index is 0.206. The molecule has 0 spiro atoms. The first kappa shape index (κ1) is 13.1. The number of amides is 1. The molecule has 1 amide bonds. The van der Waals surface area contributed by atoms with Crippen LogP contribution in [0.25, 0.3) is 0 Å². The number of carbonyl (C=O) groups excluding carboxylic acids is 1. The van der Waals surface area contributed by atoms with Gasteiger partial charge in [-0.3, -0.25) is 9.89 Å². The Morgan fingerprint density at radius 3 is 2.89 bits per heavy atom. The lowest BCUT2D eigenvalue weighted by Gasteiger charge is -2.22. The SMILES string of the molecule is CN(Cc1ncn[nH]1)C(=O)CCC1CCCCC1. The normalized spacial score (nSPS) is 16.7. The van der Waals surface area contributed by atoms with Gasteiger partial charge >= 0.3 is 0 Å². The van der Waals surface area contributed by atoms with E-state index < -0.39 is 0 Å². The van der Waals surface area contributed by atoms with Crippen LogP contribution in [0.4, 0.5) is 0 Å². The highest BCUT2D eigenvalue weighted by Crippen LogP contribution is 2.27. The molecule has 100 valence electrons. The van der Waals surface area contributed by atoms with Crippen LogP contribution in [-0.2, 0) is 11.3 Å². The van der Waals surface area contributed by atoms with Crippen LogP contribution in [0, 0.1) is 5.92 Å². The number of aromatic nitrogens is 3. The Balaban J connectivity index is 1.70. The fraction of sp³-hybridized carbons (Fsp3) is 0.769. The van der Waals surface area contributed by atoms with Crippen LogP contribution < -0.4 is 0 Å². The zero-order valence-corrected chi connectivity index (χ0v) is 11.1. The molecule has 0 aliphatic heterocycles. The summed E-state index contributed by atoms with van der Waals surface area (Å²) in [6, 6.07) is 0. The fourth-order valence-corrected chi connectivity index (χ4v) is 2.61. The Morgan fingerprint density at radius 1 is 1.44 bits per heavy atom. The highest BCUT2D eigenvalue weighted by molar-refractivity contribution is 5.75. The monoisotopic (exact) mass is 250 g/mol. The van der Waals surface area contributed by atoms with Crippen molar-refractivity contribution >= 4 is 5.91 Å². The summed E-state index contributed by atoms with van der Waals surface area (Å²) in [5, 5.41) is 6.55. The molecule has 1 heterocycles. The van der Waals surface area contributed by atoms with Crippen molar-refractivity contribution in [1.82, 2.24) is 20.1 Å². The van der Waals surface area contributed by atoms with Crippen molar-refractivity contribution in [3.63, 3.8) is 0 Å². The lowest BCUT2D eigenvalue weighted by Crippen LogP contribution is -2.27. The van der Waals surface area contributed by atoms with E-state index in [2.05, 4.69) is 15.2 Å². The van der Waals surface area contributed by atoms with Gasteiger partial charge in [-0.2, -0.15) is 5.10 Å². The average Bonchev–Trinajstić information content (AvgIpc) is 2.90. The molecule has 0 saturated heterocycles. The van der Waals surface area contributed by atoms with Crippen LogP contribution in [0.1, 0.15) is 50.8 Å². The number of hydrogen-bond donors (Lipinski definition) is 1. The summed E-state index contributed by atoms with van der Waals surface area (Å²) < 4.78 is 0.